The summed E-state index contributed by atoms with van der Waals surface area (Å²) in [4.78, 5) is 21.6. The van der Waals surface area contributed by atoms with E-state index in [1.54, 1.807) is 0 Å². The zero-order valence-corrected chi connectivity index (χ0v) is 11.2. The van der Waals surface area contributed by atoms with Crippen LogP contribution < -0.4 is 5.32 Å². The van der Waals surface area contributed by atoms with Crippen molar-refractivity contribution in [3.05, 3.63) is 23.7 Å². The van der Waals surface area contributed by atoms with Crippen molar-refractivity contribution >= 4 is 23.6 Å². The largest absolute Gasteiger partial charge is 0.480 e. The third-order valence-electron chi connectivity index (χ3n) is 2.15. The maximum Gasteiger partial charge on any atom is 0.449 e. The number of amides is 1. The summed E-state index contributed by atoms with van der Waals surface area (Å²) in [5.74, 6) is -2.59. The Kier molecular flexibility index (Phi) is 5.49. The first kappa shape index (κ1) is 16.4. The molecule has 0 spiro atoms. The summed E-state index contributed by atoms with van der Waals surface area (Å²) in [7, 11) is 0. The maximum absolute atomic E-state index is 12.3. The number of hydrogen-bond acceptors (Lipinski definition) is 4. The van der Waals surface area contributed by atoms with Gasteiger partial charge in [0, 0.05) is 12.7 Å². The Morgan fingerprint density at radius 3 is 2.55 bits per heavy atom. The molecular formula is C11H12F3NO4S. The minimum atomic E-state index is -4.54. The highest BCUT2D eigenvalue weighted by atomic mass is 32.2. The van der Waals surface area contributed by atoms with Crippen molar-refractivity contribution in [3.63, 3.8) is 0 Å². The van der Waals surface area contributed by atoms with Crippen LogP contribution in [0.3, 0.4) is 0 Å². The van der Waals surface area contributed by atoms with Crippen LogP contribution in [0.25, 0.3) is 0 Å². The van der Waals surface area contributed by atoms with E-state index in [0.717, 1.165) is 17.8 Å². The van der Waals surface area contributed by atoms with Crippen LogP contribution in [0, 0.1) is 0 Å². The Hall–Kier alpha value is -1.64. The Labute approximate surface area is 116 Å². The number of rotatable bonds is 6. The Bertz CT molecular complexity index is 486. The van der Waals surface area contributed by atoms with Crippen LogP contribution in [0.2, 0.25) is 0 Å². The van der Waals surface area contributed by atoms with Gasteiger partial charge in [-0.1, -0.05) is 0 Å². The standard InChI is InChI=1S/C11H12F3NO4S/c1-6(16)15-8(10(17)18)5-20-4-7-2-3-9(19-7)11(12,13)14/h2-3,8H,4-5H2,1H3,(H,15,16)(H,17,18). The van der Waals surface area contributed by atoms with Gasteiger partial charge in [0.1, 0.15) is 11.8 Å². The number of carboxylic acids is 1. The number of aliphatic carboxylic acids is 1. The van der Waals surface area contributed by atoms with Gasteiger partial charge in [-0.15, -0.1) is 0 Å². The first-order valence-electron chi connectivity index (χ1n) is 5.43. The van der Waals surface area contributed by atoms with E-state index in [2.05, 4.69) is 9.73 Å². The number of halogens is 3. The zero-order chi connectivity index (χ0) is 15.3. The molecule has 2 N–H and O–H groups in total. The molecule has 1 heterocycles. The Morgan fingerprint density at radius 1 is 1.45 bits per heavy atom. The van der Waals surface area contributed by atoms with E-state index in [9.17, 15) is 22.8 Å². The molecule has 0 saturated carbocycles. The first-order valence-corrected chi connectivity index (χ1v) is 6.59. The summed E-state index contributed by atoms with van der Waals surface area (Å²) in [6, 6.07) is 0.914. The van der Waals surface area contributed by atoms with Crippen molar-refractivity contribution in [2.75, 3.05) is 5.75 Å². The van der Waals surface area contributed by atoms with Gasteiger partial charge in [0.05, 0.1) is 5.75 Å². The van der Waals surface area contributed by atoms with Gasteiger partial charge in [0.25, 0.3) is 0 Å². The third kappa shape index (κ3) is 5.16. The zero-order valence-electron chi connectivity index (χ0n) is 10.4. The van der Waals surface area contributed by atoms with Crippen LogP contribution in [0.5, 0.6) is 0 Å². The maximum atomic E-state index is 12.3. The molecule has 0 aliphatic heterocycles. The molecule has 20 heavy (non-hydrogen) atoms. The van der Waals surface area contributed by atoms with E-state index >= 15 is 0 Å². The molecule has 1 aromatic rings. The van der Waals surface area contributed by atoms with Crippen molar-refractivity contribution in [2.45, 2.75) is 24.9 Å². The summed E-state index contributed by atoms with van der Waals surface area (Å²) in [5.41, 5.74) is 0. The number of hydrogen-bond donors (Lipinski definition) is 2. The lowest BCUT2D eigenvalue weighted by Crippen LogP contribution is -2.41. The van der Waals surface area contributed by atoms with Crippen molar-refractivity contribution in [1.29, 1.82) is 0 Å². The van der Waals surface area contributed by atoms with Gasteiger partial charge in [-0.05, 0) is 12.1 Å². The second-order valence-electron chi connectivity index (χ2n) is 3.87. The molecule has 0 saturated heterocycles. The van der Waals surface area contributed by atoms with Gasteiger partial charge in [-0.3, -0.25) is 4.79 Å². The van der Waals surface area contributed by atoms with E-state index in [1.807, 2.05) is 0 Å². The van der Waals surface area contributed by atoms with E-state index in [0.29, 0.717) is 0 Å². The summed E-state index contributed by atoms with van der Waals surface area (Å²) in [5, 5.41) is 11.1. The monoisotopic (exact) mass is 311 g/mol. The average molecular weight is 311 g/mol. The van der Waals surface area contributed by atoms with Crippen LogP contribution in [0.1, 0.15) is 18.4 Å². The molecular weight excluding hydrogens is 299 g/mol. The predicted molar refractivity (Wildman–Crippen MR) is 65.1 cm³/mol. The van der Waals surface area contributed by atoms with Crippen LogP contribution in [0.4, 0.5) is 13.2 Å². The van der Waals surface area contributed by atoms with Gasteiger partial charge in [-0.25, -0.2) is 4.79 Å². The third-order valence-corrected chi connectivity index (χ3v) is 3.20. The summed E-state index contributed by atoms with van der Waals surface area (Å²) in [6.07, 6.45) is -4.54. The highest BCUT2D eigenvalue weighted by molar-refractivity contribution is 7.98. The highest BCUT2D eigenvalue weighted by Crippen LogP contribution is 2.31. The van der Waals surface area contributed by atoms with E-state index in [-0.39, 0.29) is 17.3 Å². The number of carbonyl (C=O) groups excluding carboxylic acids is 1. The van der Waals surface area contributed by atoms with Gasteiger partial charge in [0.15, 0.2) is 0 Å². The molecule has 0 radical (unpaired) electrons. The van der Waals surface area contributed by atoms with Crippen LogP contribution in [0.15, 0.2) is 16.5 Å². The number of furan rings is 1. The Balaban J connectivity index is 2.49. The first-order chi connectivity index (χ1) is 9.20. The average Bonchev–Trinajstić information content (AvgIpc) is 2.75. The normalized spacial score (nSPS) is 13.0. The highest BCUT2D eigenvalue weighted by Gasteiger charge is 2.34. The fraction of sp³-hybridized carbons (Fsp3) is 0.455. The van der Waals surface area contributed by atoms with Gasteiger partial charge >= 0.3 is 12.1 Å². The molecule has 0 bridgehead atoms. The van der Waals surface area contributed by atoms with Crippen molar-refractivity contribution in [2.24, 2.45) is 0 Å². The van der Waals surface area contributed by atoms with Crippen LogP contribution in [-0.2, 0) is 21.5 Å². The molecule has 1 aromatic heterocycles. The molecule has 0 fully saturated rings. The van der Waals surface area contributed by atoms with Gasteiger partial charge in [0.2, 0.25) is 11.7 Å². The minimum absolute atomic E-state index is 0.0248. The quantitative estimate of drug-likeness (QED) is 0.841. The second-order valence-corrected chi connectivity index (χ2v) is 4.90. The minimum Gasteiger partial charge on any atom is -0.480 e. The van der Waals surface area contributed by atoms with Gasteiger partial charge < -0.3 is 14.8 Å². The molecule has 1 unspecified atom stereocenters. The summed E-state index contributed by atoms with van der Waals surface area (Å²) >= 11 is 1.05. The molecule has 1 amide bonds. The van der Waals surface area contributed by atoms with Crippen LogP contribution in [-0.4, -0.2) is 28.8 Å². The van der Waals surface area contributed by atoms with Crippen molar-refractivity contribution < 1.29 is 32.3 Å². The lowest BCUT2D eigenvalue weighted by molar-refractivity contribution is -0.153. The molecule has 1 rings (SSSR count). The lowest BCUT2D eigenvalue weighted by Gasteiger charge is -2.12. The molecule has 9 heteroatoms. The summed E-state index contributed by atoms with van der Waals surface area (Å²) in [6.45, 7) is 1.18. The Morgan fingerprint density at radius 2 is 2.10 bits per heavy atom. The second kappa shape index (κ2) is 6.69. The lowest BCUT2D eigenvalue weighted by atomic mass is 10.3. The number of alkyl halides is 3. The molecule has 0 aromatic carbocycles. The SMILES string of the molecule is CC(=O)NC(CSCc1ccc(C(F)(F)F)o1)C(=O)O. The van der Waals surface area contributed by atoms with Crippen LogP contribution >= 0.6 is 11.8 Å². The number of nitrogens with one attached hydrogen (secondary N) is 1. The molecule has 5 nitrogen and oxygen atoms in total. The van der Waals surface area contributed by atoms with E-state index in [1.165, 1.54) is 13.0 Å². The molecule has 0 aliphatic carbocycles. The summed E-state index contributed by atoms with van der Waals surface area (Å²) < 4.78 is 41.4. The topological polar surface area (TPSA) is 79.5 Å². The molecule has 112 valence electrons. The number of thioether (sulfide) groups is 1. The number of carbonyl (C=O) groups is 2. The van der Waals surface area contributed by atoms with E-state index < -0.39 is 29.9 Å². The smallest absolute Gasteiger partial charge is 0.449 e. The van der Waals surface area contributed by atoms with Gasteiger partial charge in [-0.2, -0.15) is 24.9 Å². The van der Waals surface area contributed by atoms with Crippen molar-refractivity contribution in [3.8, 4) is 0 Å². The fourth-order valence-electron chi connectivity index (χ4n) is 1.31. The molecule has 1 atom stereocenters. The number of carboxylic acid groups (broad SMARTS) is 1. The predicted octanol–water partition coefficient (Wildman–Crippen LogP) is 2.12. The van der Waals surface area contributed by atoms with E-state index in [4.69, 9.17) is 5.11 Å². The fourth-order valence-corrected chi connectivity index (χ4v) is 2.24. The van der Waals surface area contributed by atoms with Crippen molar-refractivity contribution in [1.82, 2.24) is 5.32 Å². The molecule has 0 aliphatic rings.